The standard InChI is InChI=1S/C22H15BrN2O5/c1-2-27-18-10-13(9-15(23)20(18)26)12-25-22-14(11-24)19(16-5-3-7-28-16)21(30-22)17-6-4-8-29-17/h3-10,12,26H,2H2,1H3. The smallest absolute Gasteiger partial charge is 0.238 e. The second-order valence-corrected chi connectivity index (χ2v) is 6.95. The number of furan rings is 3. The minimum atomic E-state index is 0.00456. The van der Waals surface area contributed by atoms with Crippen molar-refractivity contribution in [1.29, 1.82) is 5.26 Å². The molecule has 1 N–H and O–H groups in total. The van der Waals surface area contributed by atoms with E-state index in [2.05, 4.69) is 27.0 Å². The van der Waals surface area contributed by atoms with Gasteiger partial charge in [-0.25, -0.2) is 4.99 Å². The van der Waals surface area contributed by atoms with Crippen LogP contribution in [0.2, 0.25) is 0 Å². The van der Waals surface area contributed by atoms with Crippen LogP contribution in [-0.4, -0.2) is 17.9 Å². The van der Waals surface area contributed by atoms with Gasteiger partial charge in [-0.15, -0.1) is 0 Å². The highest BCUT2D eigenvalue weighted by atomic mass is 79.9. The average Bonchev–Trinajstić information content (AvgIpc) is 3.49. The molecule has 3 aromatic heterocycles. The van der Waals surface area contributed by atoms with Crippen LogP contribution in [-0.2, 0) is 0 Å². The Hall–Kier alpha value is -3.70. The molecule has 0 aliphatic carbocycles. The quantitative estimate of drug-likeness (QED) is 0.334. The number of aromatic hydroxyl groups is 1. The van der Waals surface area contributed by atoms with E-state index in [-0.39, 0.29) is 17.2 Å². The topological polar surface area (TPSA) is 105 Å². The molecule has 4 rings (SSSR count). The van der Waals surface area contributed by atoms with Gasteiger partial charge in [0.25, 0.3) is 0 Å². The number of halogens is 1. The third kappa shape index (κ3) is 3.63. The van der Waals surface area contributed by atoms with Crippen LogP contribution in [0.3, 0.4) is 0 Å². The van der Waals surface area contributed by atoms with Gasteiger partial charge in [-0.2, -0.15) is 5.26 Å². The van der Waals surface area contributed by atoms with Gasteiger partial charge < -0.3 is 23.1 Å². The fourth-order valence-corrected chi connectivity index (χ4v) is 3.38. The molecular weight excluding hydrogens is 452 g/mol. The predicted molar refractivity (Wildman–Crippen MR) is 113 cm³/mol. The van der Waals surface area contributed by atoms with Gasteiger partial charge in [0.1, 0.15) is 17.4 Å². The van der Waals surface area contributed by atoms with E-state index in [0.717, 1.165) is 0 Å². The van der Waals surface area contributed by atoms with Gasteiger partial charge in [-0.3, -0.25) is 0 Å². The summed E-state index contributed by atoms with van der Waals surface area (Å²) in [4.78, 5) is 4.36. The molecule has 8 heteroatoms. The lowest BCUT2D eigenvalue weighted by Gasteiger charge is -2.08. The Bertz CT molecular complexity index is 1230. The lowest BCUT2D eigenvalue weighted by Crippen LogP contribution is -1.94. The molecule has 0 aliphatic heterocycles. The van der Waals surface area contributed by atoms with E-state index in [1.807, 2.05) is 6.92 Å². The summed E-state index contributed by atoms with van der Waals surface area (Å²) in [5.74, 6) is 1.70. The molecule has 0 amide bonds. The summed E-state index contributed by atoms with van der Waals surface area (Å²) in [7, 11) is 0. The zero-order valence-corrected chi connectivity index (χ0v) is 17.3. The SMILES string of the molecule is CCOc1cc(C=Nc2oc(-c3ccco3)c(-c3ccco3)c2C#N)cc(Br)c1O. The first-order valence-electron chi connectivity index (χ1n) is 8.96. The second kappa shape index (κ2) is 8.35. The molecule has 0 fully saturated rings. The van der Waals surface area contributed by atoms with Crippen molar-refractivity contribution in [1.82, 2.24) is 0 Å². The number of phenols is 1. The highest BCUT2D eigenvalue weighted by Gasteiger charge is 2.26. The van der Waals surface area contributed by atoms with E-state index in [4.69, 9.17) is 18.0 Å². The molecule has 0 unspecified atom stereocenters. The molecule has 0 radical (unpaired) electrons. The molecule has 3 heterocycles. The Labute approximate surface area is 180 Å². The van der Waals surface area contributed by atoms with Crippen molar-refractivity contribution < 1.29 is 23.1 Å². The molecule has 7 nitrogen and oxygen atoms in total. The monoisotopic (exact) mass is 466 g/mol. The number of nitriles is 1. The molecule has 30 heavy (non-hydrogen) atoms. The first-order chi connectivity index (χ1) is 14.6. The molecule has 0 spiro atoms. The van der Waals surface area contributed by atoms with Crippen molar-refractivity contribution in [3.63, 3.8) is 0 Å². The minimum Gasteiger partial charge on any atom is -0.503 e. The van der Waals surface area contributed by atoms with Gasteiger partial charge in [0.2, 0.25) is 5.88 Å². The van der Waals surface area contributed by atoms with Crippen LogP contribution in [0.5, 0.6) is 11.5 Å². The number of hydrogen-bond donors (Lipinski definition) is 1. The van der Waals surface area contributed by atoms with Gasteiger partial charge in [0.05, 0.1) is 29.2 Å². The van der Waals surface area contributed by atoms with E-state index in [1.165, 1.54) is 18.7 Å². The van der Waals surface area contributed by atoms with E-state index in [0.29, 0.717) is 45.2 Å². The first-order valence-corrected chi connectivity index (χ1v) is 9.75. The molecule has 0 bridgehead atoms. The number of phenolic OH excluding ortho intramolecular Hbond substituents is 1. The lowest BCUT2D eigenvalue weighted by atomic mass is 10.1. The lowest BCUT2D eigenvalue weighted by molar-refractivity contribution is 0.317. The fourth-order valence-electron chi connectivity index (χ4n) is 2.92. The van der Waals surface area contributed by atoms with Gasteiger partial charge in [0, 0.05) is 6.21 Å². The van der Waals surface area contributed by atoms with Gasteiger partial charge in [-0.1, -0.05) is 0 Å². The maximum absolute atomic E-state index is 10.1. The average molecular weight is 467 g/mol. The van der Waals surface area contributed by atoms with Crippen molar-refractivity contribution in [2.75, 3.05) is 6.61 Å². The highest BCUT2D eigenvalue weighted by Crippen LogP contribution is 2.43. The fraction of sp³-hybridized carbons (Fsp3) is 0.0909. The largest absolute Gasteiger partial charge is 0.503 e. The third-order valence-electron chi connectivity index (χ3n) is 4.20. The summed E-state index contributed by atoms with van der Waals surface area (Å²) in [6.07, 6.45) is 4.55. The molecule has 0 aliphatic rings. The number of nitrogens with zero attached hydrogens (tertiary/aromatic N) is 2. The summed E-state index contributed by atoms with van der Waals surface area (Å²) in [6, 6.07) is 12.4. The molecule has 0 saturated carbocycles. The normalized spacial score (nSPS) is 11.1. The highest BCUT2D eigenvalue weighted by molar-refractivity contribution is 9.10. The summed E-state index contributed by atoms with van der Waals surface area (Å²) in [6.45, 7) is 2.22. The maximum Gasteiger partial charge on any atom is 0.238 e. The molecular formula is C22H15BrN2O5. The molecule has 1 aromatic carbocycles. The first kappa shape index (κ1) is 19.6. The maximum atomic E-state index is 10.1. The number of ether oxygens (including phenoxy) is 1. The number of hydrogen-bond acceptors (Lipinski definition) is 7. The zero-order valence-electron chi connectivity index (χ0n) is 15.8. The molecule has 150 valence electrons. The van der Waals surface area contributed by atoms with Crippen molar-refractivity contribution >= 4 is 28.0 Å². The molecule has 0 saturated heterocycles. The Morgan fingerprint density at radius 3 is 2.57 bits per heavy atom. The predicted octanol–water partition coefficient (Wildman–Crippen LogP) is 6.29. The Balaban J connectivity index is 1.81. The Kier molecular flexibility index (Phi) is 5.46. The Morgan fingerprint density at radius 2 is 1.93 bits per heavy atom. The van der Waals surface area contributed by atoms with Crippen LogP contribution in [0.1, 0.15) is 18.1 Å². The third-order valence-corrected chi connectivity index (χ3v) is 4.80. The van der Waals surface area contributed by atoms with Gasteiger partial charge in [-0.05, 0) is 64.8 Å². The van der Waals surface area contributed by atoms with Crippen molar-refractivity contribution in [3.05, 3.63) is 64.5 Å². The van der Waals surface area contributed by atoms with E-state index >= 15 is 0 Å². The number of benzene rings is 1. The summed E-state index contributed by atoms with van der Waals surface area (Å²) in [5, 5.41) is 19.9. The van der Waals surface area contributed by atoms with Crippen molar-refractivity contribution in [2.24, 2.45) is 4.99 Å². The number of aliphatic imine (C=N–C) groups is 1. The summed E-state index contributed by atoms with van der Waals surface area (Å²) >= 11 is 3.30. The second-order valence-electron chi connectivity index (χ2n) is 6.09. The van der Waals surface area contributed by atoms with Crippen LogP contribution in [0.4, 0.5) is 5.88 Å². The van der Waals surface area contributed by atoms with Crippen LogP contribution < -0.4 is 4.74 Å². The van der Waals surface area contributed by atoms with Gasteiger partial charge in [0.15, 0.2) is 23.0 Å². The van der Waals surface area contributed by atoms with Crippen LogP contribution in [0.15, 0.2) is 71.6 Å². The summed E-state index contributed by atoms with van der Waals surface area (Å²) < 4.78 is 22.7. The number of rotatable bonds is 6. The summed E-state index contributed by atoms with van der Waals surface area (Å²) in [5.41, 5.74) is 1.32. The van der Waals surface area contributed by atoms with E-state index < -0.39 is 0 Å². The van der Waals surface area contributed by atoms with E-state index in [1.54, 1.807) is 36.4 Å². The van der Waals surface area contributed by atoms with Crippen LogP contribution >= 0.6 is 15.9 Å². The van der Waals surface area contributed by atoms with Crippen LogP contribution in [0, 0.1) is 11.3 Å². The Morgan fingerprint density at radius 1 is 1.20 bits per heavy atom. The van der Waals surface area contributed by atoms with Crippen LogP contribution in [0.25, 0.3) is 22.8 Å². The molecule has 0 atom stereocenters. The van der Waals surface area contributed by atoms with Crippen molar-refractivity contribution in [2.45, 2.75) is 6.92 Å². The molecule has 4 aromatic rings. The zero-order chi connectivity index (χ0) is 21.1. The van der Waals surface area contributed by atoms with E-state index in [9.17, 15) is 10.4 Å². The van der Waals surface area contributed by atoms with Gasteiger partial charge >= 0.3 is 0 Å². The minimum absolute atomic E-state index is 0.00456. The van der Waals surface area contributed by atoms with Crippen molar-refractivity contribution in [3.8, 4) is 40.4 Å².